The van der Waals surface area contributed by atoms with E-state index < -0.39 is 11.8 Å². The van der Waals surface area contributed by atoms with Gasteiger partial charge in [0.25, 0.3) is 0 Å². The summed E-state index contributed by atoms with van der Waals surface area (Å²) in [5.74, 6) is 0.745. The molecule has 4 heteroatoms. The second kappa shape index (κ2) is 4.39. The van der Waals surface area contributed by atoms with Gasteiger partial charge >= 0.3 is 0 Å². The average Bonchev–Trinajstić information content (AvgIpc) is 2.41. The predicted octanol–water partition coefficient (Wildman–Crippen LogP) is 1.15. The summed E-state index contributed by atoms with van der Waals surface area (Å²) in [5.41, 5.74) is 5.36. The highest BCUT2D eigenvalue weighted by atomic mass is 16.3. The van der Waals surface area contributed by atoms with Crippen molar-refractivity contribution in [2.75, 3.05) is 7.05 Å². The molecule has 2 atom stereocenters. The molecule has 0 saturated heterocycles. The van der Waals surface area contributed by atoms with Gasteiger partial charge in [-0.1, -0.05) is 33.6 Å². The van der Waals surface area contributed by atoms with Crippen LogP contribution in [0.2, 0.25) is 0 Å². The van der Waals surface area contributed by atoms with Crippen molar-refractivity contribution in [3.63, 3.8) is 0 Å². The van der Waals surface area contributed by atoms with Crippen molar-refractivity contribution < 1.29 is 5.11 Å². The number of aliphatic hydroxyl groups is 1. The molecule has 0 aromatic carbocycles. The van der Waals surface area contributed by atoms with Gasteiger partial charge in [-0.3, -0.25) is 0 Å². The Morgan fingerprint density at radius 3 is 2.53 bits per heavy atom. The number of aliphatic imine (C=N–C) groups is 1. The zero-order chi connectivity index (χ0) is 11.6. The minimum atomic E-state index is -0.580. The molecular weight excluding hydrogens is 190 g/mol. The smallest absolute Gasteiger partial charge is 0.193 e. The van der Waals surface area contributed by atoms with E-state index in [-0.39, 0.29) is 0 Å². The van der Waals surface area contributed by atoms with Gasteiger partial charge in [0.1, 0.15) is 5.54 Å². The van der Waals surface area contributed by atoms with E-state index in [9.17, 15) is 5.11 Å². The number of guanidine groups is 1. The zero-order valence-corrected chi connectivity index (χ0v) is 10.2. The van der Waals surface area contributed by atoms with E-state index in [0.29, 0.717) is 11.9 Å². The van der Waals surface area contributed by atoms with Gasteiger partial charge in [-0.05, 0) is 12.3 Å². The van der Waals surface area contributed by atoms with Crippen molar-refractivity contribution in [3.05, 3.63) is 0 Å². The Labute approximate surface area is 92.2 Å². The normalized spacial score (nSPS) is 31.2. The van der Waals surface area contributed by atoms with Crippen molar-refractivity contribution in [3.8, 4) is 0 Å². The number of hydrogen-bond acceptors (Lipinski definition) is 4. The summed E-state index contributed by atoms with van der Waals surface area (Å²) in [6.07, 6.45) is 2.50. The molecule has 1 heterocycles. The fourth-order valence-corrected chi connectivity index (χ4v) is 2.17. The minimum absolute atomic E-state index is 0.294. The monoisotopic (exact) mass is 213 g/mol. The molecule has 0 radical (unpaired) electrons. The van der Waals surface area contributed by atoms with Crippen LogP contribution in [0.1, 0.15) is 40.0 Å². The van der Waals surface area contributed by atoms with Crippen LogP contribution in [-0.4, -0.2) is 34.8 Å². The Hall–Kier alpha value is -0.770. The number of hydrogen-bond donors (Lipinski definition) is 2. The molecule has 0 amide bonds. The lowest BCUT2D eigenvalue weighted by molar-refractivity contribution is -0.00815. The Morgan fingerprint density at radius 1 is 1.60 bits per heavy atom. The van der Waals surface area contributed by atoms with Crippen LogP contribution in [0, 0.1) is 5.92 Å². The summed E-state index contributed by atoms with van der Waals surface area (Å²) in [4.78, 5) is 6.15. The molecule has 1 aliphatic rings. The Balaban J connectivity index is 2.92. The average molecular weight is 213 g/mol. The third-order valence-corrected chi connectivity index (χ3v) is 3.43. The van der Waals surface area contributed by atoms with Crippen LogP contribution in [0.5, 0.6) is 0 Å². The van der Waals surface area contributed by atoms with Gasteiger partial charge < -0.3 is 15.7 Å². The largest absolute Gasteiger partial charge is 0.371 e. The molecule has 0 aromatic rings. The number of aliphatic hydroxyl groups excluding tert-OH is 1. The fourth-order valence-electron chi connectivity index (χ4n) is 2.17. The first-order valence-electron chi connectivity index (χ1n) is 5.72. The van der Waals surface area contributed by atoms with Crippen molar-refractivity contribution in [1.29, 1.82) is 0 Å². The van der Waals surface area contributed by atoms with E-state index in [1.165, 1.54) is 0 Å². The quantitative estimate of drug-likeness (QED) is 0.736. The fraction of sp³-hybridized carbons (Fsp3) is 0.909. The summed E-state index contributed by atoms with van der Waals surface area (Å²) in [5, 5.41) is 10.2. The summed E-state index contributed by atoms with van der Waals surface area (Å²) >= 11 is 0. The highest BCUT2D eigenvalue weighted by molar-refractivity contribution is 5.80. The maximum Gasteiger partial charge on any atom is 0.193 e. The van der Waals surface area contributed by atoms with Gasteiger partial charge in [-0.2, -0.15) is 0 Å². The maximum atomic E-state index is 10.2. The molecule has 0 aliphatic carbocycles. The topological polar surface area (TPSA) is 61.8 Å². The second-order valence-corrected chi connectivity index (χ2v) is 4.70. The number of unbranched alkanes of at least 4 members (excludes halogenated alkanes) is 1. The maximum absolute atomic E-state index is 10.2. The zero-order valence-electron chi connectivity index (χ0n) is 10.2. The molecule has 0 spiro atoms. The summed E-state index contributed by atoms with van der Waals surface area (Å²) in [6, 6.07) is 0. The van der Waals surface area contributed by atoms with Crippen LogP contribution in [-0.2, 0) is 0 Å². The summed E-state index contributed by atoms with van der Waals surface area (Å²) < 4.78 is 0. The molecule has 15 heavy (non-hydrogen) atoms. The van der Waals surface area contributed by atoms with Gasteiger partial charge in [0, 0.05) is 7.05 Å². The number of rotatable bonds is 4. The van der Waals surface area contributed by atoms with E-state index in [1.54, 1.807) is 11.9 Å². The number of likely N-dealkylation sites (N-methyl/N-ethyl adjacent to an activating group) is 1. The Bertz CT molecular complexity index is 252. The van der Waals surface area contributed by atoms with Gasteiger partial charge in [0.2, 0.25) is 0 Å². The lowest BCUT2D eigenvalue weighted by Crippen LogP contribution is -2.49. The molecule has 88 valence electrons. The summed E-state index contributed by atoms with van der Waals surface area (Å²) in [6.45, 7) is 6.33. The minimum Gasteiger partial charge on any atom is -0.371 e. The number of nitrogens with two attached hydrogens (primary N) is 1. The molecule has 2 unspecified atom stereocenters. The van der Waals surface area contributed by atoms with Gasteiger partial charge in [0.05, 0.1) is 0 Å². The molecule has 0 bridgehead atoms. The lowest BCUT2D eigenvalue weighted by atomic mass is 9.81. The van der Waals surface area contributed by atoms with Crippen LogP contribution >= 0.6 is 0 Å². The second-order valence-electron chi connectivity index (χ2n) is 4.70. The van der Waals surface area contributed by atoms with E-state index >= 15 is 0 Å². The summed E-state index contributed by atoms with van der Waals surface area (Å²) in [7, 11) is 1.79. The van der Waals surface area contributed by atoms with Crippen molar-refractivity contribution in [2.24, 2.45) is 16.6 Å². The highest BCUT2D eigenvalue weighted by Crippen LogP contribution is 2.36. The van der Waals surface area contributed by atoms with E-state index in [1.807, 2.05) is 0 Å². The van der Waals surface area contributed by atoms with E-state index in [0.717, 1.165) is 19.3 Å². The molecule has 0 fully saturated rings. The van der Waals surface area contributed by atoms with Crippen LogP contribution in [0.15, 0.2) is 4.99 Å². The Kier molecular flexibility index (Phi) is 3.60. The van der Waals surface area contributed by atoms with Crippen LogP contribution in [0.4, 0.5) is 0 Å². The van der Waals surface area contributed by atoms with Crippen LogP contribution in [0.3, 0.4) is 0 Å². The van der Waals surface area contributed by atoms with Crippen LogP contribution < -0.4 is 5.73 Å². The van der Waals surface area contributed by atoms with Crippen molar-refractivity contribution in [1.82, 2.24) is 4.90 Å². The molecular formula is C11H23N3O. The SMILES string of the molecule is CCCCC1(C(C)C)N=C(N)N(C)C1O. The predicted molar refractivity (Wildman–Crippen MR) is 62.5 cm³/mol. The van der Waals surface area contributed by atoms with Crippen molar-refractivity contribution in [2.45, 2.75) is 51.8 Å². The third-order valence-electron chi connectivity index (χ3n) is 3.43. The molecule has 4 nitrogen and oxygen atoms in total. The third kappa shape index (κ3) is 1.95. The first-order chi connectivity index (χ1) is 6.95. The molecule has 3 N–H and O–H groups in total. The van der Waals surface area contributed by atoms with E-state index in [2.05, 4.69) is 25.8 Å². The van der Waals surface area contributed by atoms with Crippen LogP contribution in [0.25, 0.3) is 0 Å². The molecule has 0 saturated carbocycles. The Morgan fingerprint density at radius 2 is 2.20 bits per heavy atom. The molecule has 0 aromatic heterocycles. The van der Waals surface area contributed by atoms with E-state index in [4.69, 9.17) is 5.73 Å². The molecule has 1 rings (SSSR count). The first-order valence-corrected chi connectivity index (χ1v) is 5.72. The van der Waals surface area contributed by atoms with Gasteiger partial charge in [-0.15, -0.1) is 0 Å². The lowest BCUT2D eigenvalue weighted by Gasteiger charge is -2.35. The van der Waals surface area contributed by atoms with Gasteiger partial charge in [0.15, 0.2) is 12.2 Å². The highest BCUT2D eigenvalue weighted by Gasteiger charge is 2.47. The first kappa shape index (κ1) is 12.3. The molecule has 1 aliphatic heterocycles. The standard InChI is InChI=1S/C11H23N3O/c1-5-6-7-11(8(2)3)9(15)14(4)10(12)13-11/h8-9,15H,5-7H2,1-4H3,(H2,12,13). The van der Waals surface area contributed by atoms with Gasteiger partial charge in [-0.25, -0.2) is 4.99 Å². The van der Waals surface area contributed by atoms with Crippen molar-refractivity contribution >= 4 is 5.96 Å². The number of nitrogens with zero attached hydrogens (tertiary/aromatic N) is 2.